The summed E-state index contributed by atoms with van der Waals surface area (Å²) in [7, 11) is 0. The van der Waals surface area contributed by atoms with E-state index in [0.717, 1.165) is 49.2 Å². The molecule has 0 bridgehead atoms. The third-order valence-corrected chi connectivity index (χ3v) is 3.46. The van der Waals surface area contributed by atoms with Crippen LogP contribution < -0.4 is 10.6 Å². The molecular formula is C14H24N4. The van der Waals surface area contributed by atoms with E-state index in [4.69, 9.17) is 5.73 Å². The first-order valence-electron chi connectivity index (χ1n) is 6.75. The Labute approximate surface area is 110 Å². The molecule has 0 amide bonds. The topological polar surface area (TPSA) is 45.4 Å². The van der Waals surface area contributed by atoms with E-state index in [0.29, 0.717) is 0 Å². The number of aryl methyl sites for hydroxylation is 1. The number of rotatable bonds is 3. The highest BCUT2D eigenvalue weighted by Gasteiger charge is 2.18. The van der Waals surface area contributed by atoms with Crippen molar-refractivity contribution >= 4 is 11.5 Å². The highest BCUT2D eigenvalue weighted by atomic mass is 15.3. The summed E-state index contributed by atoms with van der Waals surface area (Å²) in [6, 6.07) is 2.09. The van der Waals surface area contributed by atoms with E-state index in [1.165, 1.54) is 6.54 Å². The predicted molar refractivity (Wildman–Crippen MR) is 76.9 cm³/mol. The van der Waals surface area contributed by atoms with Crippen LogP contribution in [0.2, 0.25) is 0 Å². The van der Waals surface area contributed by atoms with Gasteiger partial charge in [-0.15, -0.1) is 0 Å². The molecular weight excluding hydrogens is 224 g/mol. The molecule has 1 aromatic rings. The van der Waals surface area contributed by atoms with E-state index in [-0.39, 0.29) is 0 Å². The van der Waals surface area contributed by atoms with E-state index in [1.807, 2.05) is 6.92 Å². The second-order valence-corrected chi connectivity index (χ2v) is 5.58. The number of pyridine rings is 1. The lowest BCUT2D eigenvalue weighted by Crippen LogP contribution is -2.47. The van der Waals surface area contributed by atoms with Gasteiger partial charge in [0.15, 0.2) is 0 Å². The number of piperazine rings is 1. The summed E-state index contributed by atoms with van der Waals surface area (Å²) >= 11 is 0. The Balaban J connectivity index is 1.94. The number of nitrogen functional groups attached to an aromatic ring is 1. The molecule has 1 aliphatic heterocycles. The monoisotopic (exact) mass is 248 g/mol. The summed E-state index contributed by atoms with van der Waals surface area (Å²) in [6.45, 7) is 12.2. The first-order chi connectivity index (χ1) is 8.56. The molecule has 1 aromatic heterocycles. The van der Waals surface area contributed by atoms with Crippen molar-refractivity contribution in [2.75, 3.05) is 43.4 Å². The van der Waals surface area contributed by atoms with E-state index in [9.17, 15) is 0 Å². The Kier molecular flexibility index (Phi) is 4.07. The Bertz CT molecular complexity index is 395. The van der Waals surface area contributed by atoms with Crippen molar-refractivity contribution in [1.82, 2.24) is 9.88 Å². The number of nitrogens with two attached hydrogens (primary N) is 1. The molecule has 0 saturated carbocycles. The summed E-state index contributed by atoms with van der Waals surface area (Å²) in [5, 5.41) is 0. The molecule has 0 spiro atoms. The molecule has 0 atom stereocenters. The van der Waals surface area contributed by atoms with E-state index in [2.05, 4.69) is 34.7 Å². The molecule has 2 heterocycles. The minimum absolute atomic E-state index is 0.744. The fraction of sp³-hybridized carbons (Fsp3) is 0.643. The van der Waals surface area contributed by atoms with Crippen LogP contribution in [-0.2, 0) is 0 Å². The van der Waals surface area contributed by atoms with Crippen LogP contribution >= 0.6 is 0 Å². The minimum atomic E-state index is 0.744. The highest BCUT2D eigenvalue weighted by Crippen LogP contribution is 2.18. The Hall–Kier alpha value is -1.29. The third-order valence-electron chi connectivity index (χ3n) is 3.46. The van der Waals surface area contributed by atoms with Crippen molar-refractivity contribution < 1.29 is 0 Å². The van der Waals surface area contributed by atoms with Gasteiger partial charge in [0.1, 0.15) is 5.82 Å². The summed E-state index contributed by atoms with van der Waals surface area (Å²) in [5.41, 5.74) is 7.70. The fourth-order valence-corrected chi connectivity index (χ4v) is 2.40. The van der Waals surface area contributed by atoms with Crippen molar-refractivity contribution in [2.45, 2.75) is 20.8 Å². The second-order valence-electron chi connectivity index (χ2n) is 5.58. The maximum absolute atomic E-state index is 5.81. The molecule has 18 heavy (non-hydrogen) atoms. The highest BCUT2D eigenvalue weighted by molar-refractivity contribution is 5.52. The standard InChI is InChI=1S/C14H24N4/c1-11(2)10-17-4-6-18(7-5-17)14-8-12(3)13(15)9-16-14/h8-9,11H,4-7,10,15H2,1-3H3. The molecule has 0 aromatic carbocycles. The molecule has 100 valence electrons. The molecule has 0 unspecified atom stereocenters. The molecule has 2 N–H and O–H groups in total. The van der Waals surface area contributed by atoms with Gasteiger partial charge in [0, 0.05) is 32.7 Å². The van der Waals surface area contributed by atoms with Gasteiger partial charge in [-0.25, -0.2) is 4.98 Å². The normalized spacial score (nSPS) is 17.4. The van der Waals surface area contributed by atoms with Crippen LogP contribution in [0.4, 0.5) is 11.5 Å². The molecule has 0 aliphatic carbocycles. The van der Waals surface area contributed by atoms with Gasteiger partial charge in [-0.3, -0.25) is 4.90 Å². The van der Waals surface area contributed by atoms with Gasteiger partial charge in [0.2, 0.25) is 0 Å². The Morgan fingerprint density at radius 1 is 1.28 bits per heavy atom. The van der Waals surface area contributed by atoms with Gasteiger partial charge in [-0.05, 0) is 24.5 Å². The lowest BCUT2D eigenvalue weighted by Gasteiger charge is -2.36. The van der Waals surface area contributed by atoms with Crippen LogP contribution in [0.3, 0.4) is 0 Å². The quantitative estimate of drug-likeness (QED) is 0.885. The molecule has 4 nitrogen and oxygen atoms in total. The van der Waals surface area contributed by atoms with Gasteiger partial charge in [0.05, 0.1) is 11.9 Å². The van der Waals surface area contributed by atoms with Crippen LogP contribution in [0.25, 0.3) is 0 Å². The zero-order valence-corrected chi connectivity index (χ0v) is 11.7. The fourth-order valence-electron chi connectivity index (χ4n) is 2.40. The number of aromatic nitrogens is 1. The van der Waals surface area contributed by atoms with E-state index >= 15 is 0 Å². The summed E-state index contributed by atoms with van der Waals surface area (Å²) < 4.78 is 0. The average molecular weight is 248 g/mol. The Morgan fingerprint density at radius 3 is 2.50 bits per heavy atom. The smallest absolute Gasteiger partial charge is 0.128 e. The maximum Gasteiger partial charge on any atom is 0.128 e. The van der Waals surface area contributed by atoms with Gasteiger partial charge in [-0.1, -0.05) is 13.8 Å². The first kappa shape index (κ1) is 13.1. The average Bonchev–Trinajstić information content (AvgIpc) is 2.33. The zero-order valence-electron chi connectivity index (χ0n) is 11.7. The summed E-state index contributed by atoms with van der Waals surface area (Å²) in [4.78, 5) is 9.31. The third kappa shape index (κ3) is 3.13. The summed E-state index contributed by atoms with van der Waals surface area (Å²) in [6.07, 6.45) is 1.77. The van der Waals surface area contributed by atoms with Gasteiger partial charge >= 0.3 is 0 Å². The Morgan fingerprint density at radius 2 is 1.94 bits per heavy atom. The number of nitrogens with zero attached hydrogens (tertiary/aromatic N) is 3. The van der Waals surface area contributed by atoms with Crippen LogP contribution in [-0.4, -0.2) is 42.6 Å². The van der Waals surface area contributed by atoms with Crippen LogP contribution in [0.5, 0.6) is 0 Å². The molecule has 1 aliphatic rings. The predicted octanol–water partition coefficient (Wildman–Crippen LogP) is 1.75. The number of hydrogen-bond acceptors (Lipinski definition) is 4. The van der Waals surface area contributed by atoms with Crippen molar-refractivity contribution in [1.29, 1.82) is 0 Å². The molecule has 2 rings (SSSR count). The van der Waals surface area contributed by atoms with E-state index < -0.39 is 0 Å². The van der Waals surface area contributed by atoms with Gasteiger partial charge in [0.25, 0.3) is 0 Å². The van der Waals surface area contributed by atoms with Crippen molar-refractivity contribution in [3.8, 4) is 0 Å². The maximum atomic E-state index is 5.81. The van der Waals surface area contributed by atoms with E-state index in [1.54, 1.807) is 6.20 Å². The first-order valence-corrected chi connectivity index (χ1v) is 6.75. The number of hydrogen-bond donors (Lipinski definition) is 1. The molecule has 4 heteroatoms. The van der Waals surface area contributed by atoms with Crippen LogP contribution in [0, 0.1) is 12.8 Å². The molecule has 1 saturated heterocycles. The van der Waals surface area contributed by atoms with Crippen molar-refractivity contribution in [2.24, 2.45) is 5.92 Å². The second kappa shape index (κ2) is 5.57. The minimum Gasteiger partial charge on any atom is -0.397 e. The van der Waals surface area contributed by atoms with Crippen LogP contribution in [0.15, 0.2) is 12.3 Å². The van der Waals surface area contributed by atoms with Crippen LogP contribution in [0.1, 0.15) is 19.4 Å². The van der Waals surface area contributed by atoms with Gasteiger partial charge < -0.3 is 10.6 Å². The SMILES string of the molecule is Cc1cc(N2CCN(CC(C)C)CC2)ncc1N. The van der Waals surface area contributed by atoms with Crippen molar-refractivity contribution in [3.05, 3.63) is 17.8 Å². The lowest BCUT2D eigenvalue weighted by atomic mass is 10.2. The van der Waals surface area contributed by atoms with Crippen molar-refractivity contribution in [3.63, 3.8) is 0 Å². The number of anilines is 2. The van der Waals surface area contributed by atoms with Gasteiger partial charge in [-0.2, -0.15) is 0 Å². The largest absolute Gasteiger partial charge is 0.397 e. The zero-order chi connectivity index (χ0) is 13.1. The lowest BCUT2D eigenvalue weighted by molar-refractivity contribution is 0.231. The summed E-state index contributed by atoms with van der Waals surface area (Å²) in [5.74, 6) is 1.80. The molecule has 1 fully saturated rings. The molecule has 0 radical (unpaired) electrons.